The number of carbonyl (C=O) groups excluding carboxylic acids is 1. The molecule has 8 heteroatoms. The number of rotatable bonds is 7. The minimum absolute atomic E-state index is 0.0332. The van der Waals surface area contributed by atoms with Crippen molar-refractivity contribution in [1.82, 2.24) is 9.80 Å². The first-order chi connectivity index (χ1) is 12.8. The summed E-state index contributed by atoms with van der Waals surface area (Å²) < 4.78 is 28.6. The number of carbonyl (C=O) groups is 1. The maximum absolute atomic E-state index is 13.0. The topological polar surface area (TPSA) is 70.8 Å². The second-order valence-electron chi connectivity index (χ2n) is 6.79. The molecule has 1 fully saturated rings. The summed E-state index contributed by atoms with van der Waals surface area (Å²) >= 11 is 5.94. The molecule has 2 aromatic rings. The molecule has 1 aromatic heterocycles. The lowest BCUT2D eigenvalue weighted by atomic mass is 10.2. The van der Waals surface area contributed by atoms with Crippen LogP contribution in [-0.2, 0) is 16.4 Å². The van der Waals surface area contributed by atoms with Crippen molar-refractivity contribution >= 4 is 27.3 Å². The van der Waals surface area contributed by atoms with Gasteiger partial charge in [-0.3, -0.25) is 4.79 Å². The van der Waals surface area contributed by atoms with Gasteiger partial charge in [0.25, 0.3) is 5.91 Å². The number of sulfone groups is 1. The van der Waals surface area contributed by atoms with Crippen molar-refractivity contribution in [2.75, 3.05) is 32.4 Å². The van der Waals surface area contributed by atoms with E-state index < -0.39 is 9.84 Å². The van der Waals surface area contributed by atoms with Gasteiger partial charge in [0.2, 0.25) is 14.9 Å². The second-order valence-corrected chi connectivity index (χ2v) is 9.18. The first kappa shape index (κ1) is 19.9. The molecule has 1 aliphatic heterocycles. The van der Waals surface area contributed by atoms with E-state index in [1.54, 1.807) is 17.0 Å². The van der Waals surface area contributed by atoms with E-state index in [2.05, 4.69) is 4.90 Å². The maximum Gasteiger partial charge on any atom is 0.289 e. The van der Waals surface area contributed by atoms with Crippen LogP contribution in [0.3, 0.4) is 0 Å². The molecule has 0 bridgehead atoms. The Kier molecular flexibility index (Phi) is 6.24. The van der Waals surface area contributed by atoms with E-state index in [-0.39, 0.29) is 16.8 Å². The van der Waals surface area contributed by atoms with Crippen LogP contribution in [0.15, 0.2) is 45.9 Å². The lowest BCUT2D eigenvalue weighted by Gasteiger charge is -2.25. The molecule has 1 aliphatic rings. The first-order valence-electron chi connectivity index (χ1n) is 8.89. The smallest absolute Gasteiger partial charge is 0.289 e. The van der Waals surface area contributed by atoms with Gasteiger partial charge >= 0.3 is 0 Å². The highest BCUT2D eigenvalue weighted by Crippen LogP contribution is 2.18. The Morgan fingerprint density at radius 1 is 1.15 bits per heavy atom. The zero-order valence-electron chi connectivity index (χ0n) is 15.2. The Labute approximate surface area is 164 Å². The average molecular weight is 411 g/mol. The van der Waals surface area contributed by atoms with Crippen LogP contribution in [0.5, 0.6) is 0 Å². The maximum atomic E-state index is 13.0. The third kappa shape index (κ3) is 5.34. The summed E-state index contributed by atoms with van der Waals surface area (Å²) in [5, 5.41) is 0.439. The van der Waals surface area contributed by atoms with Crippen molar-refractivity contribution < 1.29 is 17.6 Å². The number of nitrogens with zero attached hydrogens (tertiary/aromatic N) is 2. The van der Waals surface area contributed by atoms with E-state index >= 15 is 0 Å². The van der Waals surface area contributed by atoms with Crippen molar-refractivity contribution in [2.45, 2.75) is 24.5 Å². The average Bonchev–Trinajstić information content (AvgIpc) is 3.31. The zero-order chi connectivity index (χ0) is 19.4. The molecule has 1 amide bonds. The number of furan rings is 1. The van der Waals surface area contributed by atoms with Crippen molar-refractivity contribution in [1.29, 1.82) is 0 Å². The SMILES string of the molecule is CS(=O)(=O)c1ccc(C(=O)N(CCN2CCCC2)Cc2ccc(Cl)cc2)o1. The predicted octanol–water partition coefficient (Wildman–Crippen LogP) is 3.07. The highest BCUT2D eigenvalue weighted by Gasteiger charge is 2.23. The van der Waals surface area contributed by atoms with Crippen LogP contribution in [0, 0.1) is 0 Å². The Hall–Kier alpha value is -1.83. The lowest BCUT2D eigenvalue weighted by molar-refractivity contribution is 0.0689. The van der Waals surface area contributed by atoms with Crippen LogP contribution in [0.1, 0.15) is 29.0 Å². The summed E-state index contributed by atoms with van der Waals surface area (Å²) in [6.45, 7) is 3.80. The number of benzene rings is 1. The minimum atomic E-state index is -3.49. The van der Waals surface area contributed by atoms with Gasteiger partial charge in [-0.25, -0.2) is 8.42 Å². The summed E-state index contributed by atoms with van der Waals surface area (Å²) in [4.78, 5) is 17.0. The monoisotopic (exact) mass is 410 g/mol. The summed E-state index contributed by atoms with van der Waals surface area (Å²) in [7, 11) is -3.49. The zero-order valence-corrected chi connectivity index (χ0v) is 16.8. The molecular weight excluding hydrogens is 388 g/mol. The third-order valence-electron chi connectivity index (χ3n) is 4.62. The fraction of sp³-hybridized carbons (Fsp3) is 0.421. The van der Waals surface area contributed by atoms with Crippen LogP contribution in [0.2, 0.25) is 5.02 Å². The second kappa shape index (κ2) is 8.46. The Bertz CT molecular complexity index is 887. The van der Waals surface area contributed by atoms with Gasteiger partial charge in [0, 0.05) is 30.9 Å². The van der Waals surface area contributed by atoms with E-state index in [0.29, 0.717) is 18.1 Å². The molecule has 146 valence electrons. The van der Waals surface area contributed by atoms with Gasteiger partial charge in [-0.05, 0) is 55.8 Å². The summed E-state index contributed by atoms with van der Waals surface area (Å²) in [6.07, 6.45) is 3.42. The Morgan fingerprint density at radius 2 is 1.81 bits per heavy atom. The highest BCUT2D eigenvalue weighted by atomic mass is 35.5. The van der Waals surface area contributed by atoms with Crippen LogP contribution in [0.4, 0.5) is 0 Å². The Balaban J connectivity index is 1.77. The molecule has 1 saturated heterocycles. The summed E-state index contributed by atoms with van der Waals surface area (Å²) in [5.41, 5.74) is 0.948. The van der Waals surface area contributed by atoms with E-state index in [4.69, 9.17) is 16.0 Å². The quantitative estimate of drug-likeness (QED) is 0.701. The molecule has 0 aliphatic carbocycles. The summed E-state index contributed by atoms with van der Waals surface area (Å²) in [5.74, 6) is -0.287. The molecule has 3 rings (SSSR count). The Morgan fingerprint density at radius 3 is 2.41 bits per heavy atom. The van der Waals surface area contributed by atoms with Crippen molar-refractivity contribution in [3.8, 4) is 0 Å². The van der Waals surface area contributed by atoms with Crippen molar-refractivity contribution in [3.63, 3.8) is 0 Å². The van der Waals surface area contributed by atoms with Gasteiger partial charge in [0.05, 0.1) is 0 Å². The largest absolute Gasteiger partial charge is 0.440 e. The molecule has 0 saturated carbocycles. The van der Waals surface area contributed by atoms with Gasteiger partial charge in [-0.15, -0.1) is 0 Å². The molecular formula is C19H23ClN2O4S. The normalized spacial score (nSPS) is 15.2. The van der Waals surface area contributed by atoms with Gasteiger partial charge in [-0.2, -0.15) is 0 Å². The molecule has 0 unspecified atom stereocenters. The van der Waals surface area contributed by atoms with Crippen LogP contribution in [0.25, 0.3) is 0 Å². The molecule has 6 nitrogen and oxygen atoms in total. The standard InChI is InChI=1S/C19H23ClN2O4S/c1-27(24,25)18-9-8-17(26-18)19(23)22(13-12-21-10-2-3-11-21)14-15-4-6-16(20)7-5-15/h4-9H,2-3,10-14H2,1H3. The molecule has 27 heavy (non-hydrogen) atoms. The lowest BCUT2D eigenvalue weighted by Crippen LogP contribution is -2.37. The van der Waals surface area contributed by atoms with Gasteiger partial charge in [0.1, 0.15) is 0 Å². The molecule has 1 aromatic carbocycles. The molecule has 0 radical (unpaired) electrons. The van der Waals surface area contributed by atoms with Gasteiger partial charge < -0.3 is 14.2 Å². The van der Waals surface area contributed by atoms with E-state index in [1.807, 2.05) is 12.1 Å². The number of likely N-dealkylation sites (tertiary alicyclic amines) is 1. The van der Waals surface area contributed by atoms with Crippen LogP contribution in [-0.4, -0.2) is 56.6 Å². The van der Waals surface area contributed by atoms with Crippen molar-refractivity contribution in [3.05, 3.63) is 52.7 Å². The molecule has 0 N–H and O–H groups in total. The highest BCUT2D eigenvalue weighted by molar-refractivity contribution is 7.90. The van der Waals surface area contributed by atoms with E-state index in [9.17, 15) is 13.2 Å². The minimum Gasteiger partial charge on any atom is -0.440 e. The number of hydrogen-bond donors (Lipinski definition) is 0. The van der Waals surface area contributed by atoms with Gasteiger partial charge in [-0.1, -0.05) is 23.7 Å². The molecule has 0 spiro atoms. The van der Waals surface area contributed by atoms with Crippen LogP contribution >= 0.6 is 11.6 Å². The number of hydrogen-bond acceptors (Lipinski definition) is 5. The van der Waals surface area contributed by atoms with E-state index in [0.717, 1.165) is 31.5 Å². The first-order valence-corrected chi connectivity index (χ1v) is 11.2. The van der Waals surface area contributed by atoms with Gasteiger partial charge in [0.15, 0.2) is 5.76 Å². The fourth-order valence-corrected chi connectivity index (χ4v) is 3.80. The molecule has 2 heterocycles. The van der Waals surface area contributed by atoms with Crippen molar-refractivity contribution in [2.24, 2.45) is 0 Å². The third-order valence-corrected chi connectivity index (χ3v) is 5.82. The van der Waals surface area contributed by atoms with Crippen LogP contribution < -0.4 is 0 Å². The molecule has 0 atom stereocenters. The number of halogens is 1. The summed E-state index contributed by atoms with van der Waals surface area (Å²) in [6, 6.07) is 10.1. The predicted molar refractivity (Wildman–Crippen MR) is 104 cm³/mol. The van der Waals surface area contributed by atoms with E-state index in [1.165, 1.54) is 25.0 Å². The fourth-order valence-electron chi connectivity index (χ4n) is 3.12. The number of amides is 1.